The van der Waals surface area contributed by atoms with Crippen molar-refractivity contribution in [3.05, 3.63) is 42.0 Å². The van der Waals surface area contributed by atoms with E-state index in [1.54, 1.807) is 0 Å². The van der Waals surface area contributed by atoms with Crippen LogP contribution >= 0.6 is 12.2 Å². The van der Waals surface area contributed by atoms with E-state index in [9.17, 15) is 13.2 Å². The van der Waals surface area contributed by atoms with Crippen LogP contribution in [0.15, 0.2) is 41.5 Å². The van der Waals surface area contributed by atoms with Gasteiger partial charge in [-0.2, -0.15) is 18.3 Å². The van der Waals surface area contributed by atoms with E-state index in [-0.39, 0.29) is 10.8 Å². The van der Waals surface area contributed by atoms with Crippen molar-refractivity contribution in [3.63, 3.8) is 0 Å². The number of allylic oxidation sites excluding steroid dienone is 2. The van der Waals surface area contributed by atoms with Crippen molar-refractivity contribution in [2.45, 2.75) is 19.0 Å². The van der Waals surface area contributed by atoms with Gasteiger partial charge in [0.1, 0.15) is 0 Å². The maximum atomic E-state index is 12.9. The first kappa shape index (κ1) is 15.0. The quantitative estimate of drug-likeness (QED) is 0.491. The summed E-state index contributed by atoms with van der Waals surface area (Å²) in [5.74, 6) is 0.991. The monoisotopic (exact) mass is 325 g/mol. The average Bonchev–Trinajstić information content (AvgIpc) is 2.80. The molecule has 22 heavy (non-hydrogen) atoms. The van der Waals surface area contributed by atoms with Gasteiger partial charge < -0.3 is 5.32 Å². The third-order valence-corrected chi connectivity index (χ3v) is 4.14. The first-order valence-electron chi connectivity index (χ1n) is 6.91. The van der Waals surface area contributed by atoms with E-state index in [4.69, 9.17) is 12.2 Å². The third kappa shape index (κ3) is 2.99. The largest absolute Gasteiger partial charge is 0.418 e. The molecule has 2 unspecified atom stereocenters. The molecule has 0 bridgehead atoms. The zero-order valence-corrected chi connectivity index (χ0v) is 12.3. The first-order valence-corrected chi connectivity index (χ1v) is 7.32. The number of fused-ring (bicyclic) bond motifs is 1. The third-order valence-electron chi connectivity index (χ3n) is 3.94. The number of halogens is 3. The maximum Gasteiger partial charge on any atom is 0.418 e. The lowest BCUT2D eigenvalue weighted by Crippen LogP contribution is -2.36. The summed E-state index contributed by atoms with van der Waals surface area (Å²) >= 11 is 5.02. The smallest absolute Gasteiger partial charge is 0.331 e. The van der Waals surface area contributed by atoms with Crippen LogP contribution in [0, 0.1) is 11.8 Å². The van der Waals surface area contributed by atoms with E-state index < -0.39 is 11.7 Å². The van der Waals surface area contributed by atoms with Gasteiger partial charge in [0, 0.05) is 11.6 Å². The molecule has 3 rings (SSSR count). The molecule has 1 fully saturated rings. The molecule has 0 aromatic heterocycles. The van der Waals surface area contributed by atoms with Gasteiger partial charge in [-0.15, -0.1) is 0 Å². The molecule has 0 heterocycles. The molecule has 2 N–H and O–H groups in total. The van der Waals surface area contributed by atoms with Crippen LogP contribution in [0.2, 0.25) is 0 Å². The number of thiocarbonyl (C=S) groups is 1. The van der Waals surface area contributed by atoms with Crippen LogP contribution in [-0.4, -0.2) is 10.8 Å². The fourth-order valence-electron chi connectivity index (χ4n) is 2.78. The molecular formula is C15H14F3N3S. The van der Waals surface area contributed by atoms with E-state index >= 15 is 0 Å². The predicted molar refractivity (Wildman–Crippen MR) is 83.6 cm³/mol. The van der Waals surface area contributed by atoms with Gasteiger partial charge in [-0.1, -0.05) is 24.3 Å². The van der Waals surface area contributed by atoms with Crippen molar-refractivity contribution in [1.29, 1.82) is 0 Å². The highest BCUT2D eigenvalue weighted by molar-refractivity contribution is 7.80. The van der Waals surface area contributed by atoms with E-state index in [2.05, 4.69) is 28.0 Å². The molecule has 7 heteroatoms. The first-order chi connectivity index (χ1) is 10.4. The molecule has 116 valence electrons. The van der Waals surface area contributed by atoms with Gasteiger partial charge in [0.2, 0.25) is 0 Å². The summed E-state index contributed by atoms with van der Waals surface area (Å²) in [4.78, 5) is 0. The summed E-state index contributed by atoms with van der Waals surface area (Å²) in [6.45, 7) is 0. The minimum atomic E-state index is -4.43. The van der Waals surface area contributed by atoms with Crippen molar-refractivity contribution < 1.29 is 13.2 Å². The second-order valence-electron chi connectivity index (χ2n) is 5.35. The number of para-hydroxylation sites is 1. The summed E-state index contributed by atoms with van der Waals surface area (Å²) < 4.78 is 38.7. The van der Waals surface area contributed by atoms with Crippen molar-refractivity contribution in [2.24, 2.45) is 16.9 Å². The number of alkyl halides is 3. The Hall–Kier alpha value is -1.89. The zero-order chi connectivity index (χ0) is 15.7. The summed E-state index contributed by atoms with van der Waals surface area (Å²) in [6.07, 6.45) is 1.74. The molecule has 2 aliphatic rings. The molecule has 1 saturated carbocycles. The molecule has 2 aliphatic carbocycles. The Balaban J connectivity index is 1.62. The standard InChI is InChI=1S/C15H14F3N3S/c16-15(17,18)11-6-1-2-7-12(11)19-14(22)21-20-13-8-9-4-3-5-10(9)13/h1-4,6-7,9-10H,5,8H2,(H2,19,21,22)/b20-13+. The van der Waals surface area contributed by atoms with Crippen LogP contribution in [0.4, 0.5) is 18.9 Å². The number of benzene rings is 1. The highest BCUT2D eigenvalue weighted by atomic mass is 32.1. The van der Waals surface area contributed by atoms with Crippen molar-refractivity contribution in [2.75, 3.05) is 5.32 Å². The molecule has 1 aromatic carbocycles. The second-order valence-corrected chi connectivity index (χ2v) is 5.76. The number of nitrogens with one attached hydrogen (secondary N) is 2. The molecule has 0 amide bonds. The van der Waals surface area contributed by atoms with E-state index in [1.807, 2.05) is 0 Å². The van der Waals surface area contributed by atoms with Crippen LogP contribution in [0.25, 0.3) is 0 Å². The number of anilines is 1. The molecule has 0 saturated heterocycles. The Bertz CT molecular complexity index is 652. The van der Waals surface area contributed by atoms with Crippen LogP contribution < -0.4 is 10.7 Å². The number of rotatable bonds is 2. The van der Waals surface area contributed by atoms with Crippen LogP contribution in [0.1, 0.15) is 18.4 Å². The van der Waals surface area contributed by atoms with Gasteiger partial charge in [0.25, 0.3) is 0 Å². The fourth-order valence-corrected chi connectivity index (χ4v) is 2.93. The number of hydrazone groups is 1. The predicted octanol–water partition coefficient (Wildman–Crippen LogP) is 3.94. The van der Waals surface area contributed by atoms with Gasteiger partial charge in [-0.3, -0.25) is 5.43 Å². The van der Waals surface area contributed by atoms with Crippen LogP contribution in [0.5, 0.6) is 0 Å². The highest BCUT2D eigenvalue weighted by Gasteiger charge is 2.38. The molecule has 1 aromatic rings. The lowest BCUT2D eigenvalue weighted by atomic mass is 9.74. The Morgan fingerprint density at radius 1 is 1.27 bits per heavy atom. The zero-order valence-electron chi connectivity index (χ0n) is 11.5. The van der Waals surface area contributed by atoms with Crippen LogP contribution in [-0.2, 0) is 6.18 Å². The molecule has 0 spiro atoms. The fraction of sp³-hybridized carbons (Fsp3) is 0.333. The van der Waals surface area contributed by atoms with Crippen LogP contribution in [0.3, 0.4) is 0 Å². The average molecular weight is 325 g/mol. The van der Waals surface area contributed by atoms with E-state index in [0.29, 0.717) is 11.8 Å². The van der Waals surface area contributed by atoms with E-state index in [0.717, 1.165) is 24.6 Å². The lowest BCUT2D eigenvalue weighted by molar-refractivity contribution is -0.136. The van der Waals surface area contributed by atoms with E-state index in [1.165, 1.54) is 18.2 Å². The summed E-state index contributed by atoms with van der Waals surface area (Å²) in [5, 5.41) is 6.81. The Kier molecular flexibility index (Phi) is 3.90. The number of nitrogens with zero attached hydrogens (tertiary/aromatic N) is 1. The van der Waals surface area contributed by atoms with Crippen molar-refractivity contribution in [1.82, 2.24) is 5.43 Å². The Labute approximate surface area is 131 Å². The second kappa shape index (κ2) is 5.72. The summed E-state index contributed by atoms with van der Waals surface area (Å²) in [7, 11) is 0. The molecule has 3 nitrogen and oxygen atoms in total. The Morgan fingerprint density at radius 3 is 2.77 bits per heavy atom. The van der Waals surface area contributed by atoms with Crippen molar-refractivity contribution in [3.8, 4) is 0 Å². The molecule has 0 aliphatic heterocycles. The summed E-state index contributed by atoms with van der Waals surface area (Å²) in [5.41, 5.74) is 2.82. The summed E-state index contributed by atoms with van der Waals surface area (Å²) in [6, 6.07) is 5.21. The normalized spacial score (nSPS) is 24.8. The minimum absolute atomic E-state index is 0.0543. The van der Waals surface area contributed by atoms with Gasteiger partial charge in [-0.25, -0.2) is 0 Å². The maximum absolute atomic E-state index is 12.9. The van der Waals surface area contributed by atoms with Gasteiger partial charge in [0.15, 0.2) is 5.11 Å². The Morgan fingerprint density at radius 2 is 2.05 bits per heavy atom. The lowest BCUT2D eigenvalue weighted by Gasteiger charge is -2.31. The molecular weight excluding hydrogens is 311 g/mol. The van der Waals surface area contributed by atoms with Crippen molar-refractivity contribution >= 4 is 28.7 Å². The van der Waals surface area contributed by atoms with Gasteiger partial charge >= 0.3 is 6.18 Å². The van der Waals surface area contributed by atoms with Gasteiger partial charge in [0.05, 0.1) is 11.3 Å². The number of hydrogen-bond acceptors (Lipinski definition) is 2. The molecule has 2 atom stereocenters. The van der Waals surface area contributed by atoms with Gasteiger partial charge in [-0.05, 0) is 43.1 Å². The minimum Gasteiger partial charge on any atom is -0.331 e. The SMILES string of the molecule is FC(F)(F)c1ccccc1NC(=S)N/N=C1\CC2C=CCC12. The highest BCUT2D eigenvalue weighted by Crippen LogP contribution is 2.40. The number of hydrogen-bond donors (Lipinski definition) is 2. The topological polar surface area (TPSA) is 36.4 Å². The molecule has 0 radical (unpaired) electrons.